The van der Waals surface area contributed by atoms with Crippen molar-refractivity contribution in [3.05, 3.63) is 18.2 Å². The van der Waals surface area contributed by atoms with Gasteiger partial charge < -0.3 is 20.4 Å². The molecule has 6 heteroatoms. The minimum atomic E-state index is -0.400. The molecule has 1 aromatic rings. The Balaban J connectivity index is 2.20. The summed E-state index contributed by atoms with van der Waals surface area (Å²) >= 11 is 0. The number of rotatable bonds is 3. The van der Waals surface area contributed by atoms with Crippen molar-refractivity contribution < 1.29 is 9.53 Å². The molecule has 0 aliphatic carbocycles. The number of primary amides is 1. The summed E-state index contributed by atoms with van der Waals surface area (Å²) in [6.45, 7) is 4.01. The van der Waals surface area contributed by atoms with E-state index in [1.165, 1.54) is 0 Å². The molecule has 1 aliphatic rings. The number of carbonyl (C=O) groups is 1. The SMILES string of the molecule is CC(C(N)=O)n1cncc1C1CNCCO1. The fourth-order valence-corrected chi connectivity index (χ4v) is 1.78. The molecule has 2 heterocycles. The molecule has 1 amide bonds. The first-order valence-electron chi connectivity index (χ1n) is 5.33. The van der Waals surface area contributed by atoms with Gasteiger partial charge in [0.2, 0.25) is 5.91 Å². The third kappa shape index (κ3) is 2.07. The van der Waals surface area contributed by atoms with Gasteiger partial charge in [0.25, 0.3) is 0 Å². The van der Waals surface area contributed by atoms with Crippen molar-refractivity contribution in [3.8, 4) is 0 Å². The fraction of sp³-hybridized carbons (Fsp3) is 0.600. The van der Waals surface area contributed by atoms with Crippen LogP contribution in [0.3, 0.4) is 0 Å². The number of nitrogens with one attached hydrogen (secondary N) is 1. The standard InChI is InChI=1S/C10H16N4O2/c1-7(10(11)15)14-6-13-4-8(14)9-5-12-2-3-16-9/h4,6-7,9,12H,2-3,5H2,1H3,(H2,11,15). The lowest BCUT2D eigenvalue weighted by atomic mass is 10.2. The summed E-state index contributed by atoms with van der Waals surface area (Å²) in [5.74, 6) is -0.372. The highest BCUT2D eigenvalue weighted by Gasteiger charge is 2.23. The third-order valence-electron chi connectivity index (χ3n) is 2.78. The van der Waals surface area contributed by atoms with Gasteiger partial charge in [-0.05, 0) is 6.92 Å². The normalized spacial score (nSPS) is 22.9. The largest absolute Gasteiger partial charge is 0.369 e. The van der Waals surface area contributed by atoms with Crippen LogP contribution < -0.4 is 11.1 Å². The Bertz CT molecular complexity index is 371. The Kier molecular flexibility index (Phi) is 3.21. The van der Waals surface area contributed by atoms with Crippen molar-refractivity contribution in [2.24, 2.45) is 5.73 Å². The molecule has 0 saturated carbocycles. The van der Waals surface area contributed by atoms with Crippen LogP contribution in [0.25, 0.3) is 0 Å². The van der Waals surface area contributed by atoms with E-state index in [1.54, 1.807) is 24.0 Å². The number of nitrogens with two attached hydrogens (primary N) is 1. The number of ether oxygens (including phenoxy) is 1. The highest BCUT2D eigenvalue weighted by Crippen LogP contribution is 2.21. The quantitative estimate of drug-likeness (QED) is 0.731. The first-order chi connectivity index (χ1) is 7.70. The number of hydrogen-bond acceptors (Lipinski definition) is 4. The van der Waals surface area contributed by atoms with Gasteiger partial charge in [-0.25, -0.2) is 4.98 Å². The molecule has 2 rings (SSSR count). The maximum absolute atomic E-state index is 11.1. The van der Waals surface area contributed by atoms with E-state index >= 15 is 0 Å². The third-order valence-corrected chi connectivity index (χ3v) is 2.78. The minimum absolute atomic E-state index is 0.0574. The summed E-state index contributed by atoms with van der Waals surface area (Å²) < 4.78 is 7.38. The molecule has 2 unspecified atom stereocenters. The van der Waals surface area contributed by atoms with Gasteiger partial charge in [0, 0.05) is 13.1 Å². The van der Waals surface area contributed by atoms with Crippen LogP contribution in [-0.2, 0) is 9.53 Å². The van der Waals surface area contributed by atoms with E-state index in [9.17, 15) is 4.79 Å². The van der Waals surface area contributed by atoms with Gasteiger partial charge in [0.15, 0.2) is 0 Å². The Hall–Kier alpha value is -1.40. The molecule has 0 aromatic carbocycles. The number of morpholine rings is 1. The lowest BCUT2D eigenvalue weighted by Gasteiger charge is -2.25. The summed E-state index contributed by atoms with van der Waals surface area (Å²) in [6.07, 6.45) is 3.28. The Morgan fingerprint density at radius 1 is 1.81 bits per heavy atom. The van der Waals surface area contributed by atoms with E-state index < -0.39 is 6.04 Å². The molecule has 1 fully saturated rings. The van der Waals surface area contributed by atoms with Crippen LogP contribution in [0, 0.1) is 0 Å². The molecular formula is C10H16N4O2. The maximum atomic E-state index is 11.1. The predicted molar refractivity (Wildman–Crippen MR) is 57.7 cm³/mol. The zero-order valence-corrected chi connectivity index (χ0v) is 9.22. The van der Waals surface area contributed by atoms with Crippen molar-refractivity contribution in [2.45, 2.75) is 19.1 Å². The maximum Gasteiger partial charge on any atom is 0.240 e. The molecule has 6 nitrogen and oxygen atoms in total. The van der Waals surface area contributed by atoms with Crippen molar-refractivity contribution in [2.75, 3.05) is 19.7 Å². The van der Waals surface area contributed by atoms with Gasteiger partial charge in [-0.1, -0.05) is 0 Å². The molecule has 1 saturated heterocycles. The second-order valence-electron chi connectivity index (χ2n) is 3.87. The molecule has 1 aliphatic heterocycles. The molecule has 3 N–H and O–H groups in total. The second kappa shape index (κ2) is 4.63. The molecule has 1 aromatic heterocycles. The summed E-state index contributed by atoms with van der Waals surface area (Å²) in [6, 6.07) is -0.400. The zero-order valence-electron chi connectivity index (χ0n) is 9.22. The van der Waals surface area contributed by atoms with Gasteiger partial charge in [0.05, 0.1) is 24.8 Å². The summed E-state index contributed by atoms with van der Waals surface area (Å²) in [5, 5.41) is 3.24. The van der Waals surface area contributed by atoms with Crippen LogP contribution in [0.15, 0.2) is 12.5 Å². The van der Waals surface area contributed by atoms with Crippen LogP contribution in [-0.4, -0.2) is 35.2 Å². The highest BCUT2D eigenvalue weighted by molar-refractivity contribution is 5.78. The van der Waals surface area contributed by atoms with Crippen molar-refractivity contribution in [1.82, 2.24) is 14.9 Å². The van der Waals surface area contributed by atoms with E-state index in [0.29, 0.717) is 6.61 Å². The summed E-state index contributed by atoms with van der Waals surface area (Å²) in [4.78, 5) is 15.2. The van der Waals surface area contributed by atoms with E-state index in [1.807, 2.05) is 0 Å². The first-order valence-corrected chi connectivity index (χ1v) is 5.33. The van der Waals surface area contributed by atoms with Gasteiger partial charge in [-0.3, -0.25) is 4.79 Å². The van der Waals surface area contributed by atoms with E-state index in [-0.39, 0.29) is 12.0 Å². The minimum Gasteiger partial charge on any atom is -0.369 e. The number of aromatic nitrogens is 2. The number of amides is 1. The Morgan fingerprint density at radius 2 is 2.62 bits per heavy atom. The molecule has 0 spiro atoms. The van der Waals surface area contributed by atoms with Crippen LogP contribution in [0.5, 0.6) is 0 Å². The van der Waals surface area contributed by atoms with Crippen LogP contribution in [0.1, 0.15) is 24.8 Å². The average Bonchev–Trinajstić information content (AvgIpc) is 2.77. The molecule has 16 heavy (non-hydrogen) atoms. The zero-order chi connectivity index (χ0) is 11.5. The molecule has 0 radical (unpaired) electrons. The topological polar surface area (TPSA) is 82.2 Å². The number of carbonyl (C=O) groups excluding carboxylic acids is 1. The Morgan fingerprint density at radius 3 is 3.25 bits per heavy atom. The lowest BCUT2D eigenvalue weighted by Crippen LogP contribution is -2.35. The highest BCUT2D eigenvalue weighted by atomic mass is 16.5. The molecular weight excluding hydrogens is 208 g/mol. The molecule has 88 valence electrons. The van der Waals surface area contributed by atoms with Crippen LogP contribution in [0.4, 0.5) is 0 Å². The number of imidazole rings is 1. The number of hydrogen-bond donors (Lipinski definition) is 2. The monoisotopic (exact) mass is 224 g/mol. The smallest absolute Gasteiger partial charge is 0.240 e. The van der Waals surface area contributed by atoms with Crippen molar-refractivity contribution in [1.29, 1.82) is 0 Å². The van der Waals surface area contributed by atoms with Gasteiger partial charge in [-0.2, -0.15) is 0 Å². The van der Waals surface area contributed by atoms with Gasteiger partial charge >= 0.3 is 0 Å². The van der Waals surface area contributed by atoms with E-state index in [0.717, 1.165) is 18.8 Å². The van der Waals surface area contributed by atoms with E-state index in [2.05, 4.69) is 10.3 Å². The first kappa shape index (κ1) is 11.1. The van der Waals surface area contributed by atoms with E-state index in [4.69, 9.17) is 10.5 Å². The predicted octanol–water partition coefficient (Wildman–Crippen LogP) is -0.410. The molecule has 0 bridgehead atoms. The lowest BCUT2D eigenvalue weighted by molar-refractivity contribution is -0.120. The van der Waals surface area contributed by atoms with Crippen molar-refractivity contribution in [3.63, 3.8) is 0 Å². The van der Waals surface area contributed by atoms with Gasteiger partial charge in [0.1, 0.15) is 12.1 Å². The molecule has 2 atom stereocenters. The second-order valence-corrected chi connectivity index (χ2v) is 3.87. The summed E-state index contributed by atoms with van der Waals surface area (Å²) in [7, 11) is 0. The Labute approximate surface area is 93.8 Å². The van der Waals surface area contributed by atoms with Crippen molar-refractivity contribution >= 4 is 5.91 Å². The summed E-state index contributed by atoms with van der Waals surface area (Å²) in [5.41, 5.74) is 6.17. The average molecular weight is 224 g/mol. The van der Waals surface area contributed by atoms with Crippen LogP contribution >= 0.6 is 0 Å². The fourth-order valence-electron chi connectivity index (χ4n) is 1.78. The van der Waals surface area contributed by atoms with Gasteiger partial charge in [-0.15, -0.1) is 0 Å². The van der Waals surface area contributed by atoms with Crippen LogP contribution in [0.2, 0.25) is 0 Å². The number of nitrogens with zero attached hydrogens (tertiary/aromatic N) is 2.